The third kappa shape index (κ3) is 5.39. The molecule has 2 heteroatoms. The second-order valence-electron chi connectivity index (χ2n) is 3.70. The normalized spacial score (nSPS) is 9.22. The van der Waals surface area contributed by atoms with Crippen LogP contribution in [-0.2, 0) is 11.8 Å². The van der Waals surface area contributed by atoms with Crippen LogP contribution in [0.4, 0.5) is 0 Å². The minimum Gasteiger partial charge on any atom is -0.122 e. The lowest BCUT2D eigenvalue weighted by molar-refractivity contribution is 1.40. The van der Waals surface area contributed by atoms with Gasteiger partial charge in [-0.15, -0.1) is 23.2 Å². The highest BCUT2D eigenvalue weighted by Crippen LogP contribution is 2.06. The first-order valence-corrected chi connectivity index (χ1v) is 6.74. The molecule has 0 aliphatic carbocycles. The molecule has 0 bridgehead atoms. The Balaban J connectivity index is 0.000000184. The van der Waals surface area contributed by atoms with Crippen molar-refractivity contribution in [2.75, 3.05) is 0 Å². The quantitative estimate of drug-likeness (QED) is 0.651. The summed E-state index contributed by atoms with van der Waals surface area (Å²) < 4.78 is 0. The van der Waals surface area contributed by atoms with Gasteiger partial charge in [-0.25, -0.2) is 0 Å². The van der Waals surface area contributed by atoms with Crippen molar-refractivity contribution in [1.82, 2.24) is 0 Å². The summed E-state index contributed by atoms with van der Waals surface area (Å²) in [5.41, 5.74) is 3.45. The molecule has 0 nitrogen and oxygen atoms in total. The SMILES string of the molecule is C=Cc1ccc(CCl)cc1.ClCc1ccccc1. The molecule has 0 saturated heterocycles. The molecule has 0 amide bonds. The van der Waals surface area contributed by atoms with Gasteiger partial charge in [0.2, 0.25) is 0 Å². The van der Waals surface area contributed by atoms with E-state index in [1.54, 1.807) is 0 Å². The van der Waals surface area contributed by atoms with Gasteiger partial charge in [0.1, 0.15) is 0 Å². The van der Waals surface area contributed by atoms with Crippen LogP contribution in [0.5, 0.6) is 0 Å². The molecule has 0 saturated carbocycles. The average Bonchev–Trinajstić information content (AvgIpc) is 2.49. The zero-order valence-corrected chi connectivity index (χ0v) is 11.7. The van der Waals surface area contributed by atoms with Crippen LogP contribution in [0.2, 0.25) is 0 Å². The summed E-state index contributed by atoms with van der Waals surface area (Å²) in [7, 11) is 0. The molecule has 0 unspecified atom stereocenters. The Kier molecular flexibility index (Phi) is 7.24. The number of hydrogen-bond acceptors (Lipinski definition) is 0. The molecular weight excluding hydrogens is 263 g/mol. The highest BCUT2D eigenvalue weighted by Gasteiger charge is 1.87. The van der Waals surface area contributed by atoms with Crippen molar-refractivity contribution in [3.63, 3.8) is 0 Å². The van der Waals surface area contributed by atoms with Crippen LogP contribution in [-0.4, -0.2) is 0 Å². The van der Waals surface area contributed by atoms with Crippen molar-refractivity contribution in [1.29, 1.82) is 0 Å². The van der Waals surface area contributed by atoms with Crippen LogP contribution in [0.1, 0.15) is 16.7 Å². The first-order valence-electron chi connectivity index (χ1n) is 5.67. The maximum absolute atomic E-state index is 5.60. The Morgan fingerprint density at radius 2 is 1.28 bits per heavy atom. The van der Waals surface area contributed by atoms with Crippen LogP contribution in [0, 0.1) is 0 Å². The van der Waals surface area contributed by atoms with Crippen molar-refractivity contribution in [3.05, 3.63) is 77.9 Å². The molecule has 0 atom stereocenters. The highest BCUT2D eigenvalue weighted by molar-refractivity contribution is 6.17. The third-order valence-corrected chi connectivity index (χ3v) is 2.98. The topological polar surface area (TPSA) is 0 Å². The highest BCUT2D eigenvalue weighted by atomic mass is 35.5. The van der Waals surface area contributed by atoms with Gasteiger partial charge in [0.25, 0.3) is 0 Å². The second kappa shape index (κ2) is 8.79. The van der Waals surface area contributed by atoms with E-state index in [0.717, 1.165) is 11.1 Å². The van der Waals surface area contributed by atoms with Crippen molar-refractivity contribution in [3.8, 4) is 0 Å². The standard InChI is InChI=1S/C9H9Cl.C7H7Cl/c1-2-8-3-5-9(7-10)6-4-8;8-6-7-4-2-1-3-5-7/h2-6H,1,7H2;1-5H,6H2. The lowest BCUT2D eigenvalue weighted by Crippen LogP contribution is -1.76. The summed E-state index contributed by atoms with van der Waals surface area (Å²) in [6, 6.07) is 18.0. The van der Waals surface area contributed by atoms with Crippen LogP contribution in [0.15, 0.2) is 61.2 Å². The number of rotatable bonds is 3. The smallest absolute Gasteiger partial charge is 0.0474 e. The second-order valence-corrected chi connectivity index (χ2v) is 4.23. The lowest BCUT2D eigenvalue weighted by Gasteiger charge is -1.94. The Morgan fingerprint density at radius 1 is 0.778 bits per heavy atom. The molecule has 0 aromatic heterocycles. The van der Waals surface area contributed by atoms with E-state index >= 15 is 0 Å². The van der Waals surface area contributed by atoms with E-state index in [4.69, 9.17) is 23.2 Å². The Labute approximate surface area is 119 Å². The number of benzene rings is 2. The molecule has 0 fully saturated rings. The fourth-order valence-electron chi connectivity index (χ4n) is 1.31. The molecule has 0 aliphatic heterocycles. The van der Waals surface area contributed by atoms with E-state index in [1.807, 2.05) is 60.7 Å². The maximum atomic E-state index is 5.60. The van der Waals surface area contributed by atoms with Gasteiger partial charge in [-0.2, -0.15) is 0 Å². The first kappa shape index (κ1) is 14.8. The van der Waals surface area contributed by atoms with E-state index in [9.17, 15) is 0 Å². The van der Waals surface area contributed by atoms with Gasteiger partial charge in [-0.3, -0.25) is 0 Å². The van der Waals surface area contributed by atoms with Crippen LogP contribution < -0.4 is 0 Å². The predicted molar refractivity (Wildman–Crippen MR) is 82.1 cm³/mol. The summed E-state index contributed by atoms with van der Waals surface area (Å²) in [4.78, 5) is 0. The summed E-state index contributed by atoms with van der Waals surface area (Å²) >= 11 is 11.1. The van der Waals surface area contributed by atoms with Crippen molar-refractivity contribution >= 4 is 29.3 Å². The fourth-order valence-corrected chi connectivity index (χ4v) is 1.67. The van der Waals surface area contributed by atoms with E-state index < -0.39 is 0 Å². The summed E-state index contributed by atoms with van der Waals surface area (Å²) in [5, 5.41) is 0. The van der Waals surface area contributed by atoms with Gasteiger partial charge in [0.05, 0.1) is 0 Å². The monoisotopic (exact) mass is 278 g/mol. The number of halogens is 2. The van der Waals surface area contributed by atoms with E-state index in [0.29, 0.717) is 11.8 Å². The molecule has 18 heavy (non-hydrogen) atoms. The average molecular weight is 279 g/mol. The Bertz CT molecular complexity index is 446. The van der Waals surface area contributed by atoms with Crippen molar-refractivity contribution in [2.45, 2.75) is 11.8 Å². The molecule has 94 valence electrons. The van der Waals surface area contributed by atoms with Crippen LogP contribution in [0.3, 0.4) is 0 Å². The minimum absolute atomic E-state index is 0.581. The van der Waals surface area contributed by atoms with Gasteiger partial charge in [-0.05, 0) is 16.7 Å². The predicted octanol–water partition coefficient (Wildman–Crippen LogP) is 5.49. The summed E-state index contributed by atoms with van der Waals surface area (Å²) in [6.45, 7) is 3.65. The molecule has 2 aromatic carbocycles. The molecule has 0 N–H and O–H groups in total. The van der Waals surface area contributed by atoms with Crippen molar-refractivity contribution < 1.29 is 0 Å². The minimum atomic E-state index is 0.581. The first-order chi connectivity index (χ1) is 8.80. The van der Waals surface area contributed by atoms with Gasteiger partial charge in [-0.1, -0.05) is 67.3 Å². The van der Waals surface area contributed by atoms with Crippen molar-refractivity contribution in [2.24, 2.45) is 0 Å². The zero-order valence-electron chi connectivity index (χ0n) is 10.2. The molecule has 0 spiro atoms. The van der Waals surface area contributed by atoms with E-state index in [-0.39, 0.29) is 0 Å². The van der Waals surface area contributed by atoms with E-state index in [2.05, 4.69) is 6.58 Å². The van der Waals surface area contributed by atoms with Gasteiger partial charge in [0, 0.05) is 11.8 Å². The summed E-state index contributed by atoms with van der Waals surface area (Å²) in [6.07, 6.45) is 1.82. The largest absolute Gasteiger partial charge is 0.122 e. The molecule has 2 rings (SSSR count). The van der Waals surface area contributed by atoms with E-state index in [1.165, 1.54) is 5.56 Å². The van der Waals surface area contributed by atoms with Gasteiger partial charge < -0.3 is 0 Å². The zero-order chi connectivity index (χ0) is 13.2. The Hall–Kier alpha value is -1.24. The molecule has 0 aliphatic rings. The Morgan fingerprint density at radius 3 is 1.67 bits per heavy atom. The lowest BCUT2D eigenvalue weighted by atomic mass is 10.1. The molecule has 0 heterocycles. The molecule has 0 radical (unpaired) electrons. The van der Waals surface area contributed by atoms with Gasteiger partial charge >= 0.3 is 0 Å². The van der Waals surface area contributed by atoms with Gasteiger partial charge in [0.15, 0.2) is 0 Å². The summed E-state index contributed by atoms with van der Waals surface area (Å²) in [5.74, 6) is 1.19. The van der Waals surface area contributed by atoms with Crippen LogP contribution >= 0.6 is 23.2 Å². The number of hydrogen-bond donors (Lipinski definition) is 0. The maximum Gasteiger partial charge on any atom is 0.0474 e. The molecule has 2 aromatic rings. The van der Waals surface area contributed by atoms with Crippen LogP contribution in [0.25, 0.3) is 6.08 Å². The molecular formula is C16H16Cl2. The third-order valence-electron chi connectivity index (χ3n) is 2.37. The number of alkyl halides is 2. The fraction of sp³-hybridized carbons (Fsp3) is 0.125.